The molecule has 4 rings (SSSR count). The summed E-state index contributed by atoms with van der Waals surface area (Å²) in [6.07, 6.45) is 2.25. The average molecular weight is 361 g/mol. The fraction of sp³-hybridized carbons (Fsp3) is 0.261. The number of fused-ring (bicyclic) bond motifs is 1. The van der Waals surface area contributed by atoms with Crippen molar-refractivity contribution in [3.8, 4) is 5.75 Å². The molecule has 0 aromatic heterocycles. The number of amides is 1. The van der Waals surface area contributed by atoms with E-state index in [0.29, 0.717) is 18.7 Å². The lowest BCUT2D eigenvalue weighted by molar-refractivity contribution is 0.0857. The fourth-order valence-electron chi connectivity index (χ4n) is 3.29. The minimum atomic E-state index is -0.0625. The Hall–Kier alpha value is -2.85. The maximum Gasteiger partial charge on any atom is 0.251 e. The smallest absolute Gasteiger partial charge is 0.251 e. The van der Waals surface area contributed by atoms with Gasteiger partial charge in [0.25, 0.3) is 5.91 Å². The van der Waals surface area contributed by atoms with Crippen molar-refractivity contribution in [3.05, 3.63) is 77.9 Å². The van der Waals surface area contributed by atoms with E-state index in [-0.39, 0.29) is 12.0 Å². The molecule has 0 radical (unpaired) electrons. The molecule has 1 aliphatic rings. The largest absolute Gasteiger partial charge is 0.489 e. The first-order chi connectivity index (χ1) is 13.3. The summed E-state index contributed by atoms with van der Waals surface area (Å²) in [6.45, 7) is 1.84. The van der Waals surface area contributed by atoms with Gasteiger partial charge in [-0.25, -0.2) is 0 Å². The first-order valence-electron chi connectivity index (χ1n) is 9.38. The van der Waals surface area contributed by atoms with Crippen LogP contribution in [0, 0.1) is 0 Å². The molecule has 0 unspecified atom stereocenters. The molecular weight excluding hydrogens is 338 g/mol. The number of benzene rings is 3. The van der Waals surface area contributed by atoms with E-state index in [4.69, 9.17) is 9.47 Å². The third kappa shape index (κ3) is 4.47. The Morgan fingerprint density at radius 1 is 1.04 bits per heavy atom. The Bertz CT molecular complexity index is 914. The molecule has 1 fully saturated rings. The van der Waals surface area contributed by atoms with Crippen LogP contribution in [-0.4, -0.2) is 25.2 Å². The molecule has 3 aromatic rings. The molecule has 27 heavy (non-hydrogen) atoms. The highest BCUT2D eigenvalue weighted by Crippen LogP contribution is 2.21. The Kier molecular flexibility index (Phi) is 5.35. The zero-order valence-corrected chi connectivity index (χ0v) is 15.2. The highest BCUT2D eigenvalue weighted by Gasteiger charge is 2.16. The first kappa shape index (κ1) is 17.6. The monoisotopic (exact) mass is 361 g/mol. The lowest BCUT2D eigenvalue weighted by Gasteiger charge is -2.11. The number of nitrogens with one attached hydrogen (secondary N) is 1. The van der Waals surface area contributed by atoms with E-state index in [0.717, 1.165) is 36.1 Å². The molecule has 0 aliphatic carbocycles. The van der Waals surface area contributed by atoms with Crippen molar-refractivity contribution >= 4 is 16.7 Å². The van der Waals surface area contributed by atoms with E-state index >= 15 is 0 Å². The SMILES string of the molecule is O=C(NC[C@@H]1CCCO1)c1ccc(COc2ccc3ccccc3c2)cc1. The van der Waals surface area contributed by atoms with Crippen LogP contribution < -0.4 is 10.1 Å². The summed E-state index contributed by atoms with van der Waals surface area (Å²) in [4.78, 5) is 12.2. The van der Waals surface area contributed by atoms with Crippen LogP contribution in [0.4, 0.5) is 0 Å². The molecule has 1 amide bonds. The summed E-state index contributed by atoms with van der Waals surface area (Å²) in [5.74, 6) is 0.777. The van der Waals surface area contributed by atoms with E-state index in [1.165, 1.54) is 5.39 Å². The molecule has 1 saturated heterocycles. The van der Waals surface area contributed by atoms with Gasteiger partial charge in [0.05, 0.1) is 6.10 Å². The topological polar surface area (TPSA) is 47.6 Å². The third-order valence-electron chi connectivity index (χ3n) is 4.86. The van der Waals surface area contributed by atoms with Gasteiger partial charge < -0.3 is 14.8 Å². The van der Waals surface area contributed by atoms with Gasteiger partial charge >= 0.3 is 0 Å². The number of ether oxygens (including phenoxy) is 2. The molecule has 0 saturated carbocycles. The second-order valence-corrected chi connectivity index (χ2v) is 6.84. The van der Waals surface area contributed by atoms with Crippen LogP contribution in [-0.2, 0) is 11.3 Å². The standard InChI is InChI=1S/C23H23NO3/c25-23(24-15-22-6-3-13-26-22)19-9-7-17(8-10-19)16-27-21-12-11-18-4-1-2-5-20(18)14-21/h1-2,4-5,7-12,14,22H,3,6,13,15-16H2,(H,24,25)/t22-/m0/s1. The Morgan fingerprint density at radius 2 is 1.85 bits per heavy atom. The lowest BCUT2D eigenvalue weighted by Crippen LogP contribution is -2.31. The zero-order valence-electron chi connectivity index (χ0n) is 15.2. The molecule has 3 aromatic carbocycles. The van der Waals surface area contributed by atoms with Crippen LogP contribution in [0.5, 0.6) is 5.75 Å². The van der Waals surface area contributed by atoms with Crippen molar-refractivity contribution in [2.24, 2.45) is 0 Å². The lowest BCUT2D eigenvalue weighted by atomic mass is 10.1. The van der Waals surface area contributed by atoms with Crippen LogP contribution in [0.25, 0.3) is 10.8 Å². The average Bonchev–Trinajstić information content (AvgIpc) is 3.24. The van der Waals surface area contributed by atoms with Crippen molar-refractivity contribution in [2.45, 2.75) is 25.6 Å². The Morgan fingerprint density at radius 3 is 2.63 bits per heavy atom. The second-order valence-electron chi connectivity index (χ2n) is 6.84. The van der Waals surface area contributed by atoms with Gasteiger partial charge in [-0.3, -0.25) is 4.79 Å². The number of hydrogen-bond donors (Lipinski definition) is 1. The summed E-state index contributed by atoms with van der Waals surface area (Å²) in [5, 5.41) is 5.30. The summed E-state index contributed by atoms with van der Waals surface area (Å²) in [6, 6.07) is 21.8. The summed E-state index contributed by atoms with van der Waals surface area (Å²) >= 11 is 0. The minimum absolute atomic E-state index is 0.0625. The third-order valence-corrected chi connectivity index (χ3v) is 4.86. The summed E-state index contributed by atoms with van der Waals surface area (Å²) < 4.78 is 11.4. The Labute approximate surface area is 159 Å². The minimum Gasteiger partial charge on any atom is -0.489 e. The number of carbonyl (C=O) groups is 1. The van der Waals surface area contributed by atoms with E-state index in [1.807, 2.05) is 48.5 Å². The second kappa shape index (κ2) is 8.23. The van der Waals surface area contributed by atoms with Crippen LogP contribution in [0.3, 0.4) is 0 Å². The van der Waals surface area contributed by atoms with Crippen LogP contribution in [0.2, 0.25) is 0 Å². The van der Waals surface area contributed by atoms with Gasteiger partial charge in [-0.05, 0) is 53.4 Å². The van der Waals surface area contributed by atoms with Crippen molar-refractivity contribution in [3.63, 3.8) is 0 Å². The molecule has 138 valence electrons. The van der Waals surface area contributed by atoms with Gasteiger partial charge in [0.1, 0.15) is 12.4 Å². The number of rotatable bonds is 6. The van der Waals surface area contributed by atoms with Crippen molar-refractivity contribution in [1.29, 1.82) is 0 Å². The predicted octanol–water partition coefficient (Wildman–Crippen LogP) is 4.33. The summed E-state index contributed by atoms with van der Waals surface area (Å²) in [5.41, 5.74) is 1.68. The maximum atomic E-state index is 12.2. The number of hydrogen-bond acceptors (Lipinski definition) is 3. The molecule has 1 N–H and O–H groups in total. The highest BCUT2D eigenvalue weighted by molar-refractivity contribution is 5.94. The van der Waals surface area contributed by atoms with E-state index in [9.17, 15) is 4.79 Å². The molecule has 0 bridgehead atoms. The molecular formula is C23H23NO3. The van der Waals surface area contributed by atoms with Crippen molar-refractivity contribution in [2.75, 3.05) is 13.2 Å². The molecule has 1 atom stereocenters. The van der Waals surface area contributed by atoms with Gasteiger partial charge in [-0.2, -0.15) is 0 Å². The quantitative estimate of drug-likeness (QED) is 0.711. The van der Waals surface area contributed by atoms with Gasteiger partial charge in [-0.1, -0.05) is 42.5 Å². The molecule has 4 nitrogen and oxygen atoms in total. The molecule has 1 aliphatic heterocycles. The van der Waals surface area contributed by atoms with Crippen LogP contribution in [0.1, 0.15) is 28.8 Å². The Balaban J connectivity index is 1.32. The maximum absolute atomic E-state index is 12.2. The first-order valence-corrected chi connectivity index (χ1v) is 9.38. The van der Waals surface area contributed by atoms with Gasteiger partial charge in [-0.15, -0.1) is 0 Å². The molecule has 4 heteroatoms. The van der Waals surface area contributed by atoms with Crippen LogP contribution >= 0.6 is 0 Å². The molecule has 1 heterocycles. The van der Waals surface area contributed by atoms with E-state index < -0.39 is 0 Å². The van der Waals surface area contributed by atoms with E-state index in [2.05, 4.69) is 23.5 Å². The van der Waals surface area contributed by atoms with Crippen molar-refractivity contribution in [1.82, 2.24) is 5.32 Å². The number of carbonyl (C=O) groups excluding carboxylic acids is 1. The zero-order chi connectivity index (χ0) is 18.5. The van der Waals surface area contributed by atoms with E-state index in [1.54, 1.807) is 0 Å². The van der Waals surface area contributed by atoms with Gasteiger partial charge in [0, 0.05) is 18.7 Å². The highest BCUT2D eigenvalue weighted by atomic mass is 16.5. The normalized spacial score (nSPS) is 16.4. The van der Waals surface area contributed by atoms with Gasteiger partial charge in [0.15, 0.2) is 0 Å². The van der Waals surface area contributed by atoms with Gasteiger partial charge in [0.2, 0.25) is 0 Å². The fourth-order valence-corrected chi connectivity index (χ4v) is 3.29. The predicted molar refractivity (Wildman–Crippen MR) is 106 cm³/mol. The molecule has 0 spiro atoms. The van der Waals surface area contributed by atoms with Crippen LogP contribution in [0.15, 0.2) is 66.7 Å². The van der Waals surface area contributed by atoms with Crippen molar-refractivity contribution < 1.29 is 14.3 Å². The summed E-state index contributed by atoms with van der Waals surface area (Å²) in [7, 11) is 0.